The number of hydrogen-bond acceptors (Lipinski definition) is 4. The van der Waals surface area contributed by atoms with E-state index in [4.69, 9.17) is 0 Å². The third-order valence-corrected chi connectivity index (χ3v) is 6.55. The second-order valence-corrected chi connectivity index (χ2v) is 8.70. The van der Waals surface area contributed by atoms with E-state index >= 15 is 0 Å². The number of thioether (sulfide) groups is 1. The Morgan fingerprint density at radius 1 is 1.06 bits per heavy atom. The molecule has 2 heterocycles. The van der Waals surface area contributed by atoms with E-state index in [-0.39, 0.29) is 11.6 Å². The van der Waals surface area contributed by atoms with Crippen molar-refractivity contribution in [1.29, 1.82) is 0 Å². The molecule has 32 heavy (non-hydrogen) atoms. The first-order chi connectivity index (χ1) is 15.2. The molecule has 1 saturated heterocycles. The average Bonchev–Trinajstić information content (AvgIpc) is 3.29. The van der Waals surface area contributed by atoms with Gasteiger partial charge in [0.05, 0.1) is 11.3 Å². The van der Waals surface area contributed by atoms with Crippen molar-refractivity contribution in [1.82, 2.24) is 4.90 Å². The molecule has 4 rings (SSSR count). The van der Waals surface area contributed by atoms with Crippen LogP contribution in [0.2, 0.25) is 0 Å². The molecule has 3 amide bonds. The number of nitrogens with zero attached hydrogens (tertiary/aromatic N) is 2. The van der Waals surface area contributed by atoms with Gasteiger partial charge in [-0.3, -0.25) is 14.4 Å². The maximum Gasteiger partial charge on any atom is 0.416 e. The molecular formula is C22H20F3N3O3S. The van der Waals surface area contributed by atoms with Crippen molar-refractivity contribution in [2.45, 2.75) is 29.2 Å². The topological polar surface area (TPSA) is 69.7 Å². The predicted molar refractivity (Wildman–Crippen MR) is 114 cm³/mol. The van der Waals surface area contributed by atoms with E-state index in [2.05, 4.69) is 5.32 Å². The van der Waals surface area contributed by atoms with Gasteiger partial charge in [0.2, 0.25) is 11.8 Å². The number of benzene rings is 2. The van der Waals surface area contributed by atoms with E-state index in [1.54, 1.807) is 29.2 Å². The highest BCUT2D eigenvalue weighted by Crippen LogP contribution is 2.40. The summed E-state index contributed by atoms with van der Waals surface area (Å²) >= 11 is 1.16. The number of halogens is 3. The molecule has 1 atom stereocenters. The zero-order valence-corrected chi connectivity index (χ0v) is 17.7. The molecule has 0 aromatic heterocycles. The fourth-order valence-corrected chi connectivity index (χ4v) is 4.95. The molecule has 6 nitrogen and oxygen atoms in total. The first-order valence-electron chi connectivity index (χ1n) is 10.1. The zero-order valence-electron chi connectivity index (χ0n) is 16.9. The number of nitrogens with one attached hydrogen (secondary N) is 1. The number of fused-ring (bicyclic) bond motifs is 1. The molecule has 10 heteroatoms. The summed E-state index contributed by atoms with van der Waals surface area (Å²) in [6, 6.07) is 11.2. The van der Waals surface area contributed by atoms with Crippen LogP contribution in [0.1, 0.15) is 18.4 Å². The van der Waals surface area contributed by atoms with Gasteiger partial charge in [-0.1, -0.05) is 18.2 Å². The van der Waals surface area contributed by atoms with Crippen LogP contribution in [-0.4, -0.2) is 47.5 Å². The van der Waals surface area contributed by atoms with Crippen molar-refractivity contribution in [3.05, 3.63) is 54.1 Å². The Morgan fingerprint density at radius 3 is 2.50 bits per heavy atom. The fourth-order valence-electron chi connectivity index (χ4n) is 3.76. The minimum atomic E-state index is -4.54. The molecule has 0 bridgehead atoms. The van der Waals surface area contributed by atoms with Crippen LogP contribution in [0.5, 0.6) is 0 Å². The largest absolute Gasteiger partial charge is 0.416 e. The molecule has 1 fully saturated rings. The van der Waals surface area contributed by atoms with Gasteiger partial charge in [-0.05, 0) is 43.2 Å². The molecule has 0 radical (unpaired) electrons. The lowest BCUT2D eigenvalue weighted by atomic mass is 10.2. The van der Waals surface area contributed by atoms with Crippen molar-refractivity contribution in [3.63, 3.8) is 0 Å². The SMILES string of the molecule is O=C(CN1C(=O)C(C(=O)N2CCCC2)Sc2ccccc21)Nc1cccc(C(F)(F)F)c1. The minimum absolute atomic E-state index is 0.0263. The van der Waals surface area contributed by atoms with Crippen LogP contribution in [0, 0.1) is 0 Å². The number of alkyl halides is 3. The van der Waals surface area contributed by atoms with Gasteiger partial charge in [-0.2, -0.15) is 13.2 Å². The number of likely N-dealkylation sites (tertiary alicyclic amines) is 1. The average molecular weight is 463 g/mol. The highest BCUT2D eigenvalue weighted by molar-refractivity contribution is 8.01. The van der Waals surface area contributed by atoms with E-state index in [1.165, 1.54) is 17.0 Å². The van der Waals surface area contributed by atoms with Gasteiger partial charge >= 0.3 is 6.18 Å². The number of carbonyl (C=O) groups is 3. The molecule has 168 valence electrons. The number of anilines is 2. The van der Waals surface area contributed by atoms with E-state index in [0.717, 1.165) is 36.7 Å². The molecular weight excluding hydrogens is 443 g/mol. The number of carbonyl (C=O) groups excluding carboxylic acids is 3. The predicted octanol–water partition coefficient (Wildman–Crippen LogP) is 3.77. The maximum absolute atomic E-state index is 13.2. The van der Waals surface area contributed by atoms with Crippen LogP contribution in [0.4, 0.5) is 24.5 Å². The maximum atomic E-state index is 13.2. The molecule has 2 aliphatic heterocycles. The second kappa shape index (κ2) is 8.85. The summed E-state index contributed by atoms with van der Waals surface area (Å²) in [7, 11) is 0. The molecule has 2 aromatic rings. The Balaban J connectivity index is 1.54. The molecule has 1 unspecified atom stereocenters. The van der Waals surface area contributed by atoms with E-state index < -0.39 is 35.3 Å². The Kier molecular flexibility index (Phi) is 6.14. The quantitative estimate of drug-likeness (QED) is 0.701. The highest BCUT2D eigenvalue weighted by Gasteiger charge is 2.41. The van der Waals surface area contributed by atoms with E-state index in [9.17, 15) is 27.6 Å². The normalized spacial score (nSPS) is 18.5. The molecule has 0 spiro atoms. The molecule has 0 saturated carbocycles. The monoisotopic (exact) mass is 463 g/mol. The number of rotatable bonds is 4. The lowest BCUT2D eigenvalue weighted by molar-refractivity contribution is -0.137. The Labute approximate surface area is 186 Å². The number of hydrogen-bond donors (Lipinski definition) is 1. The molecule has 1 N–H and O–H groups in total. The Morgan fingerprint density at radius 2 is 1.78 bits per heavy atom. The summed E-state index contributed by atoms with van der Waals surface area (Å²) in [4.78, 5) is 42.3. The number of amides is 3. The van der Waals surface area contributed by atoms with Crippen LogP contribution in [0.3, 0.4) is 0 Å². The lowest BCUT2D eigenvalue weighted by Gasteiger charge is -2.34. The first-order valence-corrected chi connectivity index (χ1v) is 10.9. The summed E-state index contributed by atoms with van der Waals surface area (Å²) in [6.07, 6.45) is -2.77. The number of para-hydroxylation sites is 1. The Hall–Kier alpha value is -3.01. The van der Waals surface area contributed by atoms with Crippen LogP contribution >= 0.6 is 11.8 Å². The first kappa shape index (κ1) is 22.2. The van der Waals surface area contributed by atoms with Gasteiger partial charge in [0.25, 0.3) is 5.91 Å². The lowest BCUT2D eigenvalue weighted by Crippen LogP contribution is -2.51. The van der Waals surface area contributed by atoms with Gasteiger partial charge < -0.3 is 15.1 Å². The Bertz CT molecular complexity index is 1050. The van der Waals surface area contributed by atoms with Gasteiger partial charge in [-0.15, -0.1) is 11.8 Å². The van der Waals surface area contributed by atoms with Gasteiger partial charge in [0.1, 0.15) is 6.54 Å². The summed E-state index contributed by atoms with van der Waals surface area (Å²) in [5.41, 5.74) is -0.420. The third kappa shape index (κ3) is 4.59. The van der Waals surface area contributed by atoms with Crippen LogP contribution in [0.25, 0.3) is 0 Å². The fraction of sp³-hybridized carbons (Fsp3) is 0.318. The summed E-state index contributed by atoms with van der Waals surface area (Å²) < 4.78 is 38.8. The van der Waals surface area contributed by atoms with Gasteiger partial charge in [-0.25, -0.2) is 0 Å². The van der Waals surface area contributed by atoms with Crippen molar-refractivity contribution < 1.29 is 27.6 Å². The van der Waals surface area contributed by atoms with Crippen LogP contribution < -0.4 is 10.2 Å². The van der Waals surface area contributed by atoms with E-state index in [0.29, 0.717) is 23.7 Å². The molecule has 2 aromatic carbocycles. The van der Waals surface area contributed by atoms with Crippen LogP contribution in [-0.2, 0) is 20.6 Å². The molecule has 2 aliphatic rings. The van der Waals surface area contributed by atoms with Crippen molar-refractivity contribution in [3.8, 4) is 0 Å². The van der Waals surface area contributed by atoms with Crippen molar-refractivity contribution in [2.24, 2.45) is 0 Å². The standard InChI is InChI=1S/C22H20F3N3O3S/c23-22(24,25)14-6-5-7-15(12-14)26-18(29)13-28-16-8-1-2-9-17(16)32-19(21(28)31)20(30)27-10-3-4-11-27/h1-2,5-9,12,19H,3-4,10-11,13H2,(H,26,29). The summed E-state index contributed by atoms with van der Waals surface area (Å²) in [5, 5.41) is 1.42. The van der Waals surface area contributed by atoms with Gasteiger partial charge in [0, 0.05) is 23.7 Å². The minimum Gasteiger partial charge on any atom is -0.341 e. The third-order valence-electron chi connectivity index (χ3n) is 5.31. The van der Waals surface area contributed by atoms with Crippen molar-refractivity contribution in [2.75, 3.05) is 29.9 Å². The highest BCUT2D eigenvalue weighted by atomic mass is 32.2. The van der Waals surface area contributed by atoms with E-state index in [1.807, 2.05) is 0 Å². The zero-order chi connectivity index (χ0) is 22.9. The second-order valence-electron chi connectivity index (χ2n) is 7.55. The van der Waals surface area contributed by atoms with Crippen molar-refractivity contribution >= 4 is 40.9 Å². The summed E-state index contributed by atoms with van der Waals surface area (Å²) in [5.74, 6) is -1.45. The van der Waals surface area contributed by atoms with Gasteiger partial charge in [0.15, 0.2) is 5.25 Å². The van der Waals surface area contributed by atoms with Crippen LogP contribution in [0.15, 0.2) is 53.4 Å². The molecule has 0 aliphatic carbocycles. The summed E-state index contributed by atoms with van der Waals surface area (Å²) in [6.45, 7) is 0.776. The smallest absolute Gasteiger partial charge is 0.341 e.